The maximum atomic E-state index is 11.9. The second kappa shape index (κ2) is 4.98. The number of benzene rings is 2. The molecular formula is C16H14N2O. The quantitative estimate of drug-likeness (QED) is 0.860. The van der Waals surface area contributed by atoms with E-state index in [0.717, 1.165) is 11.3 Å². The Bertz CT molecular complexity index is 620. The predicted molar refractivity (Wildman–Crippen MR) is 76.8 cm³/mol. The molecule has 0 aromatic heterocycles. The van der Waals surface area contributed by atoms with Gasteiger partial charge < -0.3 is 10.6 Å². The summed E-state index contributed by atoms with van der Waals surface area (Å²) in [4.78, 5) is 11.9. The smallest absolute Gasteiger partial charge is 0.255 e. The van der Waals surface area contributed by atoms with Crippen LogP contribution in [0.25, 0.3) is 6.08 Å². The van der Waals surface area contributed by atoms with E-state index in [2.05, 4.69) is 10.6 Å². The number of carbonyl (C=O) groups excluding carboxylic acids is 1. The van der Waals surface area contributed by atoms with E-state index in [0.29, 0.717) is 5.56 Å². The summed E-state index contributed by atoms with van der Waals surface area (Å²) >= 11 is 0. The fourth-order valence-corrected chi connectivity index (χ4v) is 2.10. The Labute approximate surface area is 112 Å². The van der Waals surface area contributed by atoms with E-state index in [9.17, 15) is 4.79 Å². The molecule has 0 unspecified atom stereocenters. The Morgan fingerprint density at radius 3 is 2.47 bits per heavy atom. The molecule has 2 N–H and O–H groups in total. The van der Waals surface area contributed by atoms with Crippen molar-refractivity contribution in [2.75, 3.05) is 5.32 Å². The zero-order valence-corrected chi connectivity index (χ0v) is 10.3. The lowest BCUT2D eigenvalue weighted by atomic mass is 10.1. The van der Waals surface area contributed by atoms with Gasteiger partial charge in [0, 0.05) is 5.69 Å². The summed E-state index contributed by atoms with van der Waals surface area (Å²) in [5.74, 6) is -0.0444. The molecule has 1 aliphatic rings. The van der Waals surface area contributed by atoms with Crippen molar-refractivity contribution in [3.05, 3.63) is 71.8 Å². The van der Waals surface area contributed by atoms with Gasteiger partial charge in [0.25, 0.3) is 5.91 Å². The van der Waals surface area contributed by atoms with Gasteiger partial charge in [0.1, 0.15) is 6.17 Å². The van der Waals surface area contributed by atoms with Crippen LogP contribution in [0.1, 0.15) is 15.9 Å². The van der Waals surface area contributed by atoms with E-state index in [-0.39, 0.29) is 12.1 Å². The van der Waals surface area contributed by atoms with Gasteiger partial charge in [-0.15, -0.1) is 0 Å². The van der Waals surface area contributed by atoms with Gasteiger partial charge in [-0.1, -0.05) is 48.5 Å². The molecule has 0 fully saturated rings. The van der Waals surface area contributed by atoms with Crippen molar-refractivity contribution in [2.45, 2.75) is 6.17 Å². The Balaban J connectivity index is 1.79. The number of amides is 1. The number of rotatable bonds is 2. The van der Waals surface area contributed by atoms with Crippen LogP contribution < -0.4 is 10.6 Å². The highest BCUT2D eigenvalue weighted by Crippen LogP contribution is 2.19. The Morgan fingerprint density at radius 2 is 1.63 bits per heavy atom. The first-order valence-corrected chi connectivity index (χ1v) is 6.22. The Kier molecular flexibility index (Phi) is 3.02. The molecule has 0 saturated heterocycles. The Hall–Kier alpha value is -2.55. The van der Waals surface area contributed by atoms with Gasteiger partial charge in [-0.2, -0.15) is 0 Å². The standard InChI is InChI=1S/C16H14N2O/c19-16-13-8-4-5-9-14(13)17-15(18-16)11-10-12-6-2-1-3-7-12/h1-11,15,17H,(H,18,19)/b11-10+/t15-/m0/s1. The maximum Gasteiger partial charge on any atom is 0.255 e. The van der Waals surface area contributed by atoms with Crippen LogP contribution in [0.2, 0.25) is 0 Å². The molecule has 1 aliphatic heterocycles. The van der Waals surface area contributed by atoms with Crippen molar-refractivity contribution >= 4 is 17.7 Å². The van der Waals surface area contributed by atoms with E-state index in [4.69, 9.17) is 0 Å². The molecule has 3 heteroatoms. The van der Waals surface area contributed by atoms with E-state index in [1.54, 1.807) is 0 Å². The fraction of sp³-hybridized carbons (Fsp3) is 0.0625. The van der Waals surface area contributed by atoms with Gasteiger partial charge in [-0.25, -0.2) is 0 Å². The van der Waals surface area contributed by atoms with Gasteiger partial charge >= 0.3 is 0 Å². The summed E-state index contributed by atoms with van der Waals surface area (Å²) in [6.07, 6.45) is 3.76. The first-order valence-electron chi connectivity index (χ1n) is 6.22. The molecule has 0 aliphatic carbocycles. The molecule has 19 heavy (non-hydrogen) atoms. The van der Waals surface area contributed by atoms with Crippen molar-refractivity contribution in [3.63, 3.8) is 0 Å². The molecule has 0 radical (unpaired) electrons. The number of fused-ring (bicyclic) bond motifs is 1. The molecule has 1 amide bonds. The highest BCUT2D eigenvalue weighted by molar-refractivity contribution is 6.01. The molecule has 2 aromatic rings. The van der Waals surface area contributed by atoms with E-state index in [1.807, 2.05) is 66.7 Å². The largest absolute Gasteiger partial charge is 0.361 e. The molecule has 0 spiro atoms. The van der Waals surface area contributed by atoms with Gasteiger partial charge in [-0.05, 0) is 23.8 Å². The van der Waals surface area contributed by atoms with Crippen LogP contribution in [0, 0.1) is 0 Å². The lowest BCUT2D eigenvalue weighted by molar-refractivity contribution is 0.0943. The highest BCUT2D eigenvalue weighted by atomic mass is 16.2. The predicted octanol–water partition coefficient (Wildman–Crippen LogP) is 2.88. The third-order valence-electron chi connectivity index (χ3n) is 3.05. The van der Waals surface area contributed by atoms with Crippen LogP contribution in [0.4, 0.5) is 5.69 Å². The minimum absolute atomic E-state index is 0.0444. The lowest BCUT2D eigenvalue weighted by Crippen LogP contribution is -2.43. The maximum absolute atomic E-state index is 11.9. The van der Waals surface area contributed by atoms with Crippen molar-refractivity contribution in [3.8, 4) is 0 Å². The van der Waals surface area contributed by atoms with Crippen molar-refractivity contribution in [1.82, 2.24) is 5.32 Å². The van der Waals surface area contributed by atoms with Crippen LogP contribution in [0.3, 0.4) is 0 Å². The van der Waals surface area contributed by atoms with Crippen LogP contribution >= 0.6 is 0 Å². The first kappa shape index (κ1) is 11.5. The molecule has 3 rings (SSSR count). The summed E-state index contributed by atoms with van der Waals surface area (Å²) in [6.45, 7) is 0. The number of para-hydroxylation sites is 1. The normalized spacial score (nSPS) is 17.7. The lowest BCUT2D eigenvalue weighted by Gasteiger charge is -2.25. The van der Waals surface area contributed by atoms with E-state index >= 15 is 0 Å². The molecule has 2 aromatic carbocycles. The number of hydrogen-bond donors (Lipinski definition) is 2. The summed E-state index contributed by atoms with van der Waals surface area (Å²) in [5, 5.41) is 6.18. The molecule has 1 atom stereocenters. The van der Waals surface area contributed by atoms with Crippen LogP contribution in [-0.2, 0) is 0 Å². The third-order valence-corrected chi connectivity index (χ3v) is 3.05. The van der Waals surface area contributed by atoms with E-state index < -0.39 is 0 Å². The molecule has 3 nitrogen and oxygen atoms in total. The minimum atomic E-state index is -0.178. The fourth-order valence-electron chi connectivity index (χ4n) is 2.10. The summed E-state index contributed by atoms with van der Waals surface area (Å²) in [5.41, 5.74) is 2.67. The van der Waals surface area contributed by atoms with Gasteiger partial charge in [0.15, 0.2) is 0 Å². The van der Waals surface area contributed by atoms with Gasteiger partial charge in [0.2, 0.25) is 0 Å². The van der Waals surface area contributed by atoms with Crippen LogP contribution in [0.5, 0.6) is 0 Å². The van der Waals surface area contributed by atoms with E-state index in [1.165, 1.54) is 0 Å². The average Bonchev–Trinajstić information content (AvgIpc) is 2.46. The second-order valence-electron chi connectivity index (χ2n) is 4.41. The topological polar surface area (TPSA) is 41.1 Å². The molecule has 0 bridgehead atoms. The zero-order valence-electron chi connectivity index (χ0n) is 10.3. The van der Waals surface area contributed by atoms with Crippen LogP contribution in [-0.4, -0.2) is 12.1 Å². The summed E-state index contributed by atoms with van der Waals surface area (Å²) < 4.78 is 0. The highest BCUT2D eigenvalue weighted by Gasteiger charge is 2.20. The SMILES string of the molecule is O=C1N[C@@H](/C=C/c2ccccc2)Nc2ccccc21. The van der Waals surface area contributed by atoms with Crippen LogP contribution in [0.15, 0.2) is 60.7 Å². The zero-order chi connectivity index (χ0) is 13.1. The van der Waals surface area contributed by atoms with Gasteiger partial charge in [0.05, 0.1) is 5.56 Å². The number of carbonyl (C=O) groups is 1. The van der Waals surface area contributed by atoms with Crippen molar-refractivity contribution in [2.24, 2.45) is 0 Å². The number of hydrogen-bond acceptors (Lipinski definition) is 2. The summed E-state index contributed by atoms with van der Waals surface area (Å²) in [6, 6.07) is 17.5. The molecule has 1 heterocycles. The van der Waals surface area contributed by atoms with Crippen molar-refractivity contribution in [1.29, 1.82) is 0 Å². The molecule has 94 valence electrons. The number of nitrogens with one attached hydrogen (secondary N) is 2. The first-order chi connectivity index (χ1) is 9.33. The second-order valence-corrected chi connectivity index (χ2v) is 4.41. The third kappa shape index (κ3) is 2.50. The minimum Gasteiger partial charge on any atom is -0.361 e. The monoisotopic (exact) mass is 250 g/mol. The van der Waals surface area contributed by atoms with Crippen molar-refractivity contribution < 1.29 is 4.79 Å². The van der Waals surface area contributed by atoms with Gasteiger partial charge in [-0.3, -0.25) is 4.79 Å². The summed E-state index contributed by atoms with van der Waals surface area (Å²) in [7, 11) is 0. The molecule has 0 saturated carbocycles. The Morgan fingerprint density at radius 1 is 0.895 bits per heavy atom. The molecular weight excluding hydrogens is 236 g/mol. The average molecular weight is 250 g/mol. The number of anilines is 1.